The lowest BCUT2D eigenvalue weighted by atomic mass is 9.88. The first-order valence-electron chi connectivity index (χ1n) is 10.7. The molecule has 5 nitrogen and oxygen atoms in total. The minimum absolute atomic E-state index is 0.108. The van der Waals surface area contributed by atoms with E-state index in [1.165, 1.54) is 19.3 Å². The van der Waals surface area contributed by atoms with Crippen LogP contribution >= 0.6 is 0 Å². The van der Waals surface area contributed by atoms with Crippen molar-refractivity contribution in [3.63, 3.8) is 0 Å². The number of carbonyl (C=O) groups excluding carboxylic acids is 1. The standard InChI is InChI=1S/C22H38O5/c1-2-3-4-5-8-11-17(23)14-15-19-18(20(24)16-21(19)25)12-9-6-7-10-13-22(26)27/h14-15,17-19,21,23,25H,2-13,16H2,1H3,(H,26,27)/t17-,18+,19+,21+/m0/s1. The number of carboxylic acids is 1. The zero-order valence-electron chi connectivity index (χ0n) is 16.8. The summed E-state index contributed by atoms with van der Waals surface area (Å²) in [4.78, 5) is 22.7. The van der Waals surface area contributed by atoms with Crippen LogP contribution in [0.1, 0.15) is 90.4 Å². The van der Waals surface area contributed by atoms with Crippen molar-refractivity contribution in [3.8, 4) is 0 Å². The molecule has 156 valence electrons. The van der Waals surface area contributed by atoms with Gasteiger partial charge in [0.05, 0.1) is 12.2 Å². The molecule has 0 radical (unpaired) electrons. The molecule has 1 rings (SSSR count). The summed E-state index contributed by atoms with van der Waals surface area (Å²) in [5, 5.41) is 29.0. The third-order valence-corrected chi connectivity index (χ3v) is 5.55. The third-order valence-electron chi connectivity index (χ3n) is 5.55. The predicted octanol–water partition coefficient (Wildman–Crippen LogP) is 4.26. The van der Waals surface area contributed by atoms with Crippen molar-refractivity contribution in [2.45, 2.75) is 103 Å². The number of hydrogen-bond acceptors (Lipinski definition) is 4. The van der Waals surface area contributed by atoms with Crippen molar-refractivity contribution < 1.29 is 24.9 Å². The van der Waals surface area contributed by atoms with E-state index in [4.69, 9.17) is 5.11 Å². The Labute approximate surface area is 163 Å². The van der Waals surface area contributed by atoms with E-state index >= 15 is 0 Å². The summed E-state index contributed by atoms with van der Waals surface area (Å²) in [6.07, 6.45) is 13.4. The maximum absolute atomic E-state index is 12.2. The zero-order chi connectivity index (χ0) is 20.1. The van der Waals surface area contributed by atoms with Crippen LogP contribution < -0.4 is 0 Å². The smallest absolute Gasteiger partial charge is 0.303 e. The first-order valence-corrected chi connectivity index (χ1v) is 10.7. The number of Topliss-reactive ketones (excluding diaryl/α,β-unsaturated/α-hetero) is 1. The molecule has 0 aromatic rings. The average Bonchev–Trinajstić information content (AvgIpc) is 2.88. The SMILES string of the molecule is CCCCCCC[C@H](O)C=C[C@H]1[C@H](O)CC(=O)[C@@H]1CCCCCCC(=O)O. The summed E-state index contributed by atoms with van der Waals surface area (Å²) in [5.74, 6) is -1.03. The molecule has 1 fully saturated rings. The second-order valence-corrected chi connectivity index (χ2v) is 7.92. The van der Waals surface area contributed by atoms with Gasteiger partial charge in [0.25, 0.3) is 0 Å². The first kappa shape index (κ1) is 23.8. The van der Waals surface area contributed by atoms with Gasteiger partial charge in [0, 0.05) is 24.7 Å². The number of hydrogen-bond donors (Lipinski definition) is 3. The van der Waals surface area contributed by atoms with Crippen molar-refractivity contribution in [1.82, 2.24) is 0 Å². The Morgan fingerprint density at radius 3 is 2.48 bits per heavy atom. The zero-order valence-corrected chi connectivity index (χ0v) is 16.8. The number of aliphatic hydroxyl groups excluding tert-OH is 2. The Kier molecular flexibility index (Phi) is 12.3. The number of aliphatic hydroxyl groups is 2. The van der Waals surface area contributed by atoms with Crippen molar-refractivity contribution in [1.29, 1.82) is 0 Å². The van der Waals surface area contributed by atoms with E-state index in [-0.39, 0.29) is 30.5 Å². The second kappa shape index (κ2) is 13.9. The molecule has 0 unspecified atom stereocenters. The molecule has 5 heteroatoms. The van der Waals surface area contributed by atoms with Crippen LogP contribution in [0.25, 0.3) is 0 Å². The highest BCUT2D eigenvalue weighted by Crippen LogP contribution is 2.34. The Morgan fingerprint density at radius 1 is 1.11 bits per heavy atom. The topological polar surface area (TPSA) is 94.8 Å². The van der Waals surface area contributed by atoms with E-state index in [0.717, 1.165) is 44.9 Å². The molecular formula is C22H38O5. The van der Waals surface area contributed by atoms with E-state index in [1.54, 1.807) is 6.08 Å². The number of aliphatic carboxylic acids is 1. The molecule has 0 spiro atoms. The molecule has 1 aliphatic rings. The maximum Gasteiger partial charge on any atom is 0.303 e. The van der Waals surface area contributed by atoms with Gasteiger partial charge in [0.1, 0.15) is 5.78 Å². The fourth-order valence-corrected chi connectivity index (χ4v) is 3.90. The van der Waals surface area contributed by atoms with Crippen LogP contribution in [0.2, 0.25) is 0 Å². The van der Waals surface area contributed by atoms with Gasteiger partial charge in [-0.25, -0.2) is 0 Å². The molecule has 3 N–H and O–H groups in total. The van der Waals surface area contributed by atoms with Gasteiger partial charge in [-0.3, -0.25) is 9.59 Å². The highest BCUT2D eigenvalue weighted by atomic mass is 16.4. The van der Waals surface area contributed by atoms with E-state index in [1.807, 2.05) is 6.08 Å². The monoisotopic (exact) mass is 382 g/mol. The average molecular weight is 383 g/mol. The van der Waals surface area contributed by atoms with Crippen LogP contribution in [0, 0.1) is 11.8 Å². The van der Waals surface area contributed by atoms with Crippen molar-refractivity contribution >= 4 is 11.8 Å². The quantitative estimate of drug-likeness (QED) is 0.291. The molecule has 1 saturated carbocycles. The summed E-state index contributed by atoms with van der Waals surface area (Å²) in [6, 6.07) is 0. The van der Waals surface area contributed by atoms with Crippen LogP contribution in [0.5, 0.6) is 0 Å². The van der Waals surface area contributed by atoms with Crippen molar-refractivity contribution in [2.75, 3.05) is 0 Å². The fraction of sp³-hybridized carbons (Fsp3) is 0.818. The van der Waals surface area contributed by atoms with Gasteiger partial charge in [-0.1, -0.05) is 70.4 Å². The molecule has 0 bridgehead atoms. The molecular weight excluding hydrogens is 344 g/mol. The molecule has 0 aliphatic heterocycles. The number of carbonyl (C=O) groups is 2. The highest BCUT2D eigenvalue weighted by Gasteiger charge is 2.39. The van der Waals surface area contributed by atoms with Crippen LogP contribution in [-0.4, -0.2) is 39.3 Å². The Bertz CT molecular complexity index is 460. The number of rotatable bonds is 15. The minimum atomic E-state index is -0.766. The van der Waals surface area contributed by atoms with E-state index in [0.29, 0.717) is 6.42 Å². The fourth-order valence-electron chi connectivity index (χ4n) is 3.90. The molecule has 0 saturated heterocycles. The summed E-state index contributed by atoms with van der Waals surface area (Å²) in [5.41, 5.74) is 0. The number of unbranched alkanes of at least 4 members (excludes halogenated alkanes) is 7. The Morgan fingerprint density at radius 2 is 1.78 bits per heavy atom. The van der Waals surface area contributed by atoms with E-state index in [9.17, 15) is 19.8 Å². The van der Waals surface area contributed by atoms with E-state index in [2.05, 4.69) is 6.92 Å². The molecule has 0 heterocycles. The molecule has 27 heavy (non-hydrogen) atoms. The van der Waals surface area contributed by atoms with Crippen molar-refractivity contribution in [3.05, 3.63) is 12.2 Å². The van der Waals surface area contributed by atoms with E-state index < -0.39 is 18.2 Å². The summed E-state index contributed by atoms with van der Waals surface area (Å²) >= 11 is 0. The van der Waals surface area contributed by atoms with Gasteiger partial charge in [0.15, 0.2) is 0 Å². The predicted molar refractivity (Wildman–Crippen MR) is 106 cm³/mol. The van der Waals surface area contributed by atoms with Gasteiger partial charge >= 0.3 is 5.97 Å². The summed E-state index contributed by atoms with van der Waals surface area (Å²) in [6.45, 7) is 2.18. The van der Waals surface area contributed by atoms with Gasteiger partial charge in [-0.15, -0.1) is 0 Å². The van der Waals surface area contributed by atoms with Crippen LogP contribution in [0.15, 0.2) is 12.2 Å². The molecule has 0 aromatic heterocycles. The number of carboxylic acid groups (broad SMARTS) is 1. The summed E-state index contributed by atoms with van der Waals surface area (Å²) in [7, 11) is 0. The van der Waals surface area contributed by atoms with Gasteiger partial charge in [0.2, 0.25) is 0 Å². The molecule has 4 atom stereocenters. The number of ketones is 1. The van der Waals surface area contributed by atoms with Crippen LogP contribution in [-0.2, 0) is 9.59 Å². The lowest BCUT2D eigenvalue weighted by molar-refractivity contribution is -0.137. The third kappa shape index (κ3) is 10.1. The van der Waals surface area contributed by atoms with Crippen molar-refractivity contribution in [2.24, 2.45) is 11.8 Å². The Balaban J connectivity index is 2.34. The molecule has 0 aromatic carbocycles. The largest absolute Gasteiger partial charge is 0.481 e. The van der Waals surface area contributed by atoms with Crippen LogP contribution in [0.4, 0.5) is 0 Å². The maximum atomic E-state index is 12.2. The minimum Gasteiger partial charge on any atom is -0.481 e. The highest BCUT2D eigenvalue weighted by molar-refractivity contribution is 5.84. The molecule has 1 aliphatic carbocycles. The lowest BCUT2D eigenvalue weighted by Crippen LogP contribution is -2.19. The molecule has 0 amide bonds. The van der Waals surface area contributed by atoms with Crippen LogP contribution in [0.3, 0.4) is 0 Å². The summed E-state index contributed by atoms with van der Waals surface area (Å²) < 4.78 is 0. The first-order chi connectivity index (χ1) is 13.0. The normalized spacial score (nSPS) is 24.0. The van der Waals surface area contributed by atoms with Gasteiger partial charge in [-0.2, -0.15) is 0 Å². The second-order valence-electron chi connectivity index (χ2n) is 7.92. The lowest BCUT2D eigenvalue weighted by Gasteiger charge is -2.18. The van der Waals surface area contributed by atoms with Gasteiger partial charge < -0.3 is 15.3 Å². The Hall–Kier alpha value is -1.20. The van der Waals surface area contributed by atoms with Gasteiger partial charge in [-0.05, 0) is 19.3 Å².